The minimum absolute atomic E-state index is 0.291. The lowest BCUT2D eigenvalue weighted by molar-refractivity contribution is 0.0701. The highest BCUT2D eigenvalue weighted by Crippen LogP contribution is 2.27. The zero-order valence-electron chi connectivity index (χ0n) is 8.97. The Hall–Kier alpha value is -1.69. The number of carboxylic acids is 1. The first-order valence-electron chi connectivity index (χ1n) is 4.86. The van der Waals surface area contributed by atoms with Crippen LogP contribution in [0.2, 0.25) is 0 Å². The fourth-order valence-electron chi connectivity index (χ4n) is 1.47. The zero-order chi connectivity index (χ0) is 11.7. The second-order valence-corrected chi connectivity index (χ2v) is 4.27. The van der Waals surface area contributed by atoms with Gasteiger partial charge in [0.1, 0.15) is 9.88 Å². The summed E-state index contributed by atoms with van der Waals surface area (Å²) < 4.78 is 1.80. The Morgan fingerprint density at radius 2 is 2.38 bits per heavy atom. The Morgan fingerprint density at radius 3 is 2.94 bits per heavy atom. The van der Waals surface area contributed by atoms with Crippen molar-refractivity contribution in [3.63, 3.8) is 0 Å². The van der Waals surface area contributed by atoms with Crippen molar-refractivity contribution in [3.05, 3.63) is 22.8 Å². The highest BCUT2D eigenvalue weighted by Gasteiger charge is 2.16. The Labute approximate surface area is 96.4 Å². The zero-order valence-corrected chi connectivity index (χ0v) is 9.78. The van der Waals surface area contributed by atoms with E-state index in [0.29, 0.717) is 15.6 Å². The van der Waals surface area contributed by atoms with E-state index in [9.17, 15) is 4.79 Å². The van der Waals surface area contributed by atoms with Crippen molar-refractivity contribution in [3.8, 4) is 10.7 Å². The Kier molecular flexibility index (Phi) is 2.74. The van der Waals surface area contributed by atoms with Crippen molar-refractivity contribution in [1.29, 1.82) is 0 Å². The third kappa shape index (κ3) is 1.71. The largest absolute Gasteiger partial charge is 0.477 e. The lowest BCUT2D eigenvalue weighted by Crippen LogP contribution is -1.98. The standard InChI is InChI=1S/C10H11N3O2S/c1-3-13-7(4-5-11-13)9-12-6(2)8(16-9)10(14)15/h4-5H,3H2,1-2H3,(H,14,15). The predicted molar refractivity (Wildman–Crippen MR) is 60.7 cm³/mol. The minimum Gasteiger partial charge on any atom is -0.477 e. The highest BCUT2D eigenvalue weighted by atomic mass is 32.1. The van der Waals surface area contributed by atoms with Gasteiger partial charge in [-0.3, -0.25) is 4.68 Å². The van der Waals surface area contributed by atoms with Crippen LogP contribution in [0.4, 0.5) is 0 Å². The summed E-state index contributed by atoms with van der Waals surface area (Å²) in [6.07, 6.45) is 1.69. The first-order valence-corrected chi connectivity index (χ1v) is 5.68. The van der Waals surface area contributed by atoms with Gasteiger partial charge in [-0.1, -0.05) is 0 Å². The van der Waals surface area contributed by atoms with Crippen molar-refractivity contribution in [1.82, 2.24) is 14.8 Å². The number of hydrogen-bond acceptors (Lipinski definition) is 4. The van der Waals surface area contributed by atoms with Crippen LogP contribution in [0.1, 0.15) is 22.3 Å². The van der Waals surface area contributed by atoms with Gasteiger partial charge in [0, 0.05) is 12.7 Å². The van der Waals surface area contributed by atoms with E-state index >= 15 is 0 Å². The molecule has 5 nitrogen and oxygen atoms in total. The Morgan fingerprint density at radius 1 is 1.62 bits per heavy atom. The summed E-state index contributed by atoms with van der Waals surface area (Å²) in [7, 11) is 0. The van der Waals surface area contributed by atoms with Gasteiger partial charge >= 0.3 is 5.97 Å². The maximum Gasteiger partial charge on any atom is 0.347 e. The predicted octanol–water partition coefficient (Wildman–Crippen LogP) is 2.03. The van der Waals surface area contributed by atoms with Crippen molar-refractivity contribution < 1.29 is 9.90 Å². The van der Waals surface area contributed by atoms with Crippen LogP contribution in [0.3, 0.4) is 0 Å². The topological polar surface area (TPSA) is 68.0 Å². The van der Waals surface area contributed by atoms with Gasteiger partial charge in [0.25, 0.3) is 0 Å². The molecule has 2 aromatic heterocycles. The van der Waals surface area contributed by atoms with E-state index in [1.165, 1.54) is 11.3 Å². The molecule has 2 aromatic rings. The summed E-state index contributed by atoms with van der Waals surface area (Å²) in [5.74, 6) is -0.927. The molecule has 0 amide bonds. The molecule has 2 rings (SSSR count). The summed E-state index contributed by atoms with van der Waals surface area (Å²) in [5.41, 5.74) is 1.42. The van der Waals surface area contributed by atoms with Crippen LogP contribution in [0.5, 0.6) is 0 Å². The van der Waals surface area contributed by atoms with E-state index in [1.807, 2.05) is 13.0 Å². The molecule has 84 valence electrons. The number of hydrogen-bond donors (Lipinski definition) is 1. The molecule has 0 atom stereocenters. The first-order chi connectivity index (χ1) is 7.63. The average Bonchev–Trinajstić information content (AvgIpc) is 2.82. The lowest BCUT2D eigenvalue weighted by atomic mass is 10.4. The third-order valence-electron chi connectivity index (χ3n) is 2.23. The average molecular weight is 237 g/mol. The van der Waals surface area contributed by atoms with Crippen LogP contribution in [-0.2, 0) is 6.54 Å². The molecule has 0 radical (unpaired) electrons. The molecule has 16 heavy (non-hydrogen) atoms. The summed E-state index contributed by atoms with van der Waals surface area (Å²) in [6.45, 7) is 4.43. The molecule has 0 fully saturated rings. The molecule has 1 N–H and O–H groups in total. The van der Waals surface area contributed by atoms with Gasteiger partial charge in [-0.15, -0.1) is 11.3 Å². The molecule has 0 spiro atoms. The van der Waals surface area contributed by atoms with Crippen LogP contribution < -0.4 is 0 Å². The number of aromatic carboxylic acids is 1. The number of nitrogens with zero attached hydrogens (tertiary/aromatic N) is 3. The quantitative estimate of drug-likeness (QED) is 0.886. The van der Waals surface area contributed by atoms with Gasteiger partial charge in [-0.2, -0.15) is 5.10 Å². The van der Waals surface area contributed by atoms with Crippen molar-refractivity contribution in [2.24, 2.45) is 0 Å². The molecule has 0 bridgehead atoms. The molecule has 0 aromatic carbocycles. The van der Waals surface area contributed by atoms with Crippen LogP contribution in [-0.4, -0.2) is 25.8 Å². The Balaban J connectivity index is 2.49. The van der Waals surface area contributed by atoms with E-state index in [0.717, 1.165) is 12.2 Å². The van der Waals surface area contributed by atoms with Crippen LogP contribution in [0, 0.1) is 6.92 Å². The molecule has 0 saturated carbocycles. The fourth-order valence-corrected chi connectivity index (χ4v) is 2.41. The minimum atomic E-state index is -0.927. The highest BCUT2D eigenvalue weighted by molar-refractivity contribution is 7.17. The molecule has 6 heteroatoms. The maximum atomic E-state index is 10.9. The van der Waals surface area contributed by atoms with Gasteiger partial charge in [0.2, 0.25) is 0 Å². The van der Waals surface area contributed by atoms with E-state index in [1.54, 1.807) is 17.8 Å². The SMILES string of the molecule is CCn1nccc1-c1nc(C)c(C(=O)O)s1. The van der Waals surface area contributed by atoms with E-state index < -0.39 is 5.97 Å². The summed E-state index contributed by atoms with van der Waals surface area (Å²) in [5, 5.41) is 13.8. The van der Waals surface area contributed by atoms with Crippen molar-refractivity contribution in [2.75, 3.05) is 0 Å². The van der Waals surface area contributed by atoms with Gasteiger partial charge in [0.15, 0.2) is 0 Å². The molecule has 2 heterocycles. The van der Waals surface area contributed by atoms with E-state index in [4.69, 9.17) is 5.11 Å². The molecule has 0 unspecified atom stereocenters. The molecule has 0 aliphatic heterocycles. The number of aromatic nitrogens is 3. The van der Waals surface area contributed by atoms with Gasteiger partial charge in [-0.25, -0.2) is 9.78 Å². The first kappa shape index (κ1) is 10.8. The lowest BCUT2D eigenvalue weighted by Gasteiger charge is -1.99. The number of carboxylic acid groups (broad SMARTS) is 1. The van der Waals surface area contributed by atoms with Gasteiger partial charge < -0.3 is 5.11 Å². The van der Waals surface area contributed by atoms with Crippen LogP contribution in [0.15, 0.2) is 12.3 Å². The number of carbonyl (C=O) groups is 1. The maximum absolute atomic E-state index is 10.9. The van der Waals surface area contributed by atoms with Crippen molar-refractivity contribution in [2.45, 2.75) is 20.4 Å². The van der Waals surface area contributed by atoms with Crippen LogP contribution in [0.25, 0.3) is 10.7 Å². The fraction of sp³-hybridized carbons (Fsp3) is 0.300. The van der Waals surface area contributed by atoms with Gasteiger partial charge in [0.05, 0.1) is 11.4 Å². The Bertz CT molecular complexity index is 530. The monoisotopic (exact) mass is 237 g/mol. The normalized spacial score (nSPS) is 10.6. The van der Waals surface area contributed by atoms with E-state index in [-0.39, 0.29) is 0 Å². The summed E-state index contributed by atoms with van der Waals surface area (Å²) in [4.78, 5) is 15.5. The van der Waals surface area contributed by atoms with E-state index in [2.05, 4.69) is 10.1 Å². The number of aryl methyl sites for hydroxylation is 2. The summed E-state index contributed by atoms with van der Waals surface area (Å²) in [6, 6.07) is 1.84. The van der Waals surface area contributed by atoms with Gasteiger partial charge in [-0.05, 0) is 19.9 Å². The molecule has 0 aliphatic rings. The number of rotatable bonds is 3. The number of thiazole rings is 1. The molecular formula is C10H11N3O2S. The smallest absolute Gasteiger partial charge is 0.347 e. The third-order valence-corrected chi connectivity index (χ3v) is 3.39. The molecule has 0 saturated heterocycles. The molecule has 0 aliphatic carbocycles. The van der Waals surface area contributed by atoms with Crippen LogP contribution >= 0.6 is 11.3 Å². The second kappa shape index (κ2) is 4.05. The summed E-state index contributed by atoms with van der Waals surface area (Å²) >= 11 is 1.18. The molecular weight excluding hydrogens is 226 g/mol. The second-order valence-electron chi connectivity index (χ2n) is 3.27. The van der Waals surface area contributed by atoms with Crippen molar-refractivity contribution >= 4 is 17.3 Å².